The minimum absolute atomic E-state index is 0.523. The molecule has 0 spiro atoms. The molecule has 0 saturated heterocycles. The SMILES string of the molecule is COc1ccccc1CNc1nc(Nc2ccc3[nH]ncc3c2)c2sccc2n1.Clc1ccc(Nc2nc(Nc3ccc4[nH]ncc4c3)c3sccc3n2)cc1.c1cc(CNc2nc(Nc3ccc4[nH]ncc4c3)c3sccc3n2)ccn1.c1ccc(CCNc2nc(Nc3ccc4[nH]ncc4c3)c3sccc3n2)nc1. The number of hydrogen-bond acceptors (Lipinski definition) is 27. The molecule has 0 saturated carbocycles. The zero-order valence-corrected chi connectivity index (χ0v) is 62.6. The normalized spacial score (nSPS) is 11.1. The van der Waals surface area contributed by atoms with Crippen LogP contribution in [0.3, 0.4) is 0 Å². The number of para-hydroxylation sites is 1. The van der Waals surface area contributed by atoms with Crippen LogP contribution < -0.4 is 47.3 Å². The molecule has 14 heterocycles. The Morgan fingerprint density at radius 3 is 1.23 bits per heavy atom. The van der Waals surface area contributed by atoms with Gasteiger partial charge in [0.05, 0.1) is 94.8 Å². The summed E-state index contributed by atoms with van der Waals surface area (Å²) in [5, 5.41) is 67.9. The summed E-state index contributed by atoms with van der Waals surface area (Å²) in [6.45, 7) is 1.92. The Morgan fingerprint density at radius 2 is 0.784 bits per heavy atom. The van der Waals surface area contributed by atoms with Crippen molar-refractivity contribution >= 4 is 217 Å². The van der Waals surface area contributed by atoms with E-state index in [0.717, 1.165) is 165 Å². The predicted octanol–water partition coefficient (Wildman–Crippen LogP) is 19.3. The van der Waals surface area contributed by atoms with Gasteiger partial charge in [-0.05, 0) is 179 Å². The van der Waals surface area contributed by atoms with E-state index >= 15 is 0 Å². The van der Waals surface area contributed by atoms with Gasteiger partial charge in [0.2, 0.25) is 23.8 Å². The fourth-order valence-electron chi connectivity index (χ4n) is 11.9. The Morgan fingerprint density at radius 1 is 0.378 bits per heavy atom. The average molecular weight is 1560 g/mol. The zero-order chi connectivity index (χ0) is 74.7. The molecule has 20 aromatic rings. The fraction of sp³-hybridized carbons (Fsp3) is 0.0633. The molecule has 6 aromatic carbocycles. The van der Waals surface area contributed by atoms with Crippen LogP contribution in [0.25, 0.3) is 84.5 Å². The van der Waals surface area contributed by atoms with Crippen molar-refractivity contribution < 1.29 is 4.74 Å². The molecule has 0 bridgehead atoms. The lowest BCUT2D eigenvalue weighted by atomic mass is 10.2. The molecule has 0 amide bonds. The van der Waals surface area contributed by atoms with E-state index in [-0.39, 0.29) is 0 Å². The standard InChI is InChI=1S/C21H18N6OS.C20H17N7S.C19H13ClN6S.C19H15N7S/c1-28-18-5-3-2-4-13(18)11-22-21-25-17-8-9-29-19(17)20(26-21)24-15-6-7-16-14(10-15)12-23-27-16;1-2-8-21-14(3-1)6-9-22-20-25-17-7-10-28-18(17)19(26-20)24-15-4-5-16-13(11-15)12-23-27-16;20-12-1-3-13(4-2-12)23-19-24-16-7-8-27-17(16)18(25-19)22-14-5-6-15-11(9-14)10-21-26-15;1-2-15-13(11-22-26-15)9-14(1)23-18-17-16(5-8-27-17)24-19(25-18)21-10-12-3-6-20-7-4-12/h2-10,12H,11H2,1H3,(H,23,27)(H2,22,24,25,26);1-5,7-8,10-12H,6,9H2,(H,23,27)(H2,22,24,25,26);1-10H,(H,21,26)(H2,22,23,24,25);1-9,11H,10H2,(H,22,26)(H2,21,23,24,25). The van der Waals surface area contributed by atoms with E-state index in [0.29, 0.717) is 48.5 Å². The van der Waals surface area contributed by atoms with Crippen molar-refractivity contribution in [3.63, 3.8) is 0 Å². The van der Waals surface area contributed by atoms with Gasteiger partial charge in [-0.15, -0.1) is 45.3 Å². The Bertz CT molecular complexity index is 6560. The second-order valence-corrected chi connectivity index (χ2v) is 28.9. The number of nitrogens with one attached hydrogen (secondary N) is 12. The summed E-state index contributed by atoms with van der Waals surface area (Å²) in [7, 11) is 1.67. The van der Waals surface area contributed by atoms with Crippen LogP contribution in [0.15, 0.2) is 241 Å². The lowest BCUT2D eigenvalue weighted by molar-refractivity contribution is 0.410. The lowest BCUT2D eigenvalue weighted by Crippen LogP contribution is -2.09. The number of aromatic amines is 4. The third-order valence-corrected chi connectivity index (χ3v) is 21.2. The molecule has 0 aliphatic heterocycles. The average Bonchev–Trinajstić information content (AvgIpc) is 1.72. The van der Waals surface area contributed by atoms with Gasteiger partial charge in [0.15, 0.2) is 23.3 Å². The zero-order valence-electron chi connectivity index (χ0n) is 58.6. The smallest absolute Gasteiger partial charge is 0.229 e. The van der Waals surface area contributed by atoms with E-state index in [1.807, 2.05) is 210 Å². The number of pyridine rings is 2. The fourth-order valence-corrected chi connectivity index (χ4v) is 15.2. The summed E-state index contributed by atoms with van der Waals surface area (Å²) in [6.07, 6.45) is 13.4. The molecular weight excluding hydrogens is 1490 g/mol. The first-order chi connectivity index (χ1) is 54.7. The molecule has 111 heavy (non-hydrogen) atoms. The maximum atomic E-state index is 5.95. The highest BCUT2D eigenvalue weighted by Crippen LogP contribution is 2.36. The maximum absolute atomic E-state index is 5.95. The van der Waals surface area contributed by atoms with Gasteiger partial charge < -0.3 is 47.3 Å². The highest BCUT2D eigenvalue weighted by molar-refractivity contribution is 7.18. The van der Waals surface area contributed by atoms with Crippen LogP contribution in [-0.2, 0) is 19.5 Å². The Hall–Kier alpha value is -13.9. The number of nitrogens with zero attached hydrogens (tertiary/aromatic N) is 14. The van der Waals surface area contributed by atoms with E-state index in [1.54, 1.807) is 77.2 Å². The molecule has 546 valence electrons. The largest absolute Gasteiger partial charge is 0.496 e. The second kappa shape index (κ2) is 32.7. The molecule has 0 aliphatic carbocycles. The Balaban J connectivity index is 0.000000108. The number of H-pyrrole nitrogens is 4. The van der Waals surface area contributed by atoms with Crippen molar-refractivity contribution in [2.75, 3.05) is 56.2 Å². The number of ether oxygens (including phenoxy) is 1. The highest BCUT2D eigenvalue weighted by Gasteiger charge is 2.17. The third-order valence-electron chi connectivity index (χ3n) is 17.3. The van der Waals surface area contributed by atoms with E-state index in [9.17, 15) is 0 Å². The second-order valence-electron chi connectivity index (χ2n) is 24.8. The number of methoxy groups -OCH3 is 1. The van der Waals surface area contributed by atoms with Gasteiger partial charge >= 0.3 is 0 Å². The number of aromatic nitrogens is 18. The first-order valence-corrected chi connectivity index (χ1v) is 38.6. The van der Waals surface area contributed by atoms with Crippen molar-refractivity contribution in [1.82, 2.24) is 90.6 Å². The molecule has 20 rings (SSSR count). The highest BCUT2D eigenvalue weighted by atomic mass is 35.5. The van der Waals surface area contributed by atoms with Crippen molar-refractivity contribution in [3.05, 3.63) is 263 Å². The molecule has 0 radical (unpaired) electrons. The summed E-state index contributed by atoms with van der Waals surface area (Å²) in [5.74, 6) is 6.23. The maximum Gasteiger partial charge on any atom is 0.229 e. The number of rotatable bonds is 21. The topological polar surface area (TPSA) is 349 Å². The number of thiophene rings is 4. The number of fused-ring (bicyclic) bond motifs is 8. The molecule has 0 atom stereocenters. The van der Waals surface area contributed by atoms with Crippen LogP contribution in [0, 0.1) is 0 Å². The summed E-state index contributed by atoms with van der Waals surface area (Å²) in [6, 6.07) is 57.4. The van der Waals surface area contributed by atoms with Crippen molar-refractivity contribution in [2.24, 2.45) is 0 Å². The van der Waals surface area contributed by atoms with Gasteiger partial charge in [-0.25, -0.2) is 19.9 Å². The minimum atomic E-state index is 0.523. The summed E-state index contributed by atoms with van der Waals surface area (Å²) < 4.78 is 9.50. The van der Waals surface area contributed by atoms with Gasteiger partial charge in [0.25, 0.3) is 0 Å². The molecule has 0 fully saturated rings. The van der Waals surface area contributed by atoms with Gasteiger partial charge in [-0.3, -0.25) is 30.4 Å². The van der Waals surface area contributed by atoms with E-state index in [2.05, 4.69) is 129 Å². The van der Waals surface area contributed by atoms with Crippen LogP contribution in [0.1, 0.15) is 16.8 Å². The van der Waals surface area contributed by atoms with E-state index < -0.39 is 0 Å². The quantitative estimate of drug-likeness (QED) is 0.0318. The molecule has 12 N–H and O–H groups in total. The Kier molecular flexibility index (Phi) is 20.7. The molecule has 14 aromatic heterocycles. The molecular formula is C79H63ClN26OS4. The number of halogens is 1. The molecule has 0 unspecified atom stereocenters. The van der Waals surface area contributed by atoms with Crippen LogP contribution in [-0.4, -0.2) is 104 Å². The van der Waals surface area contributed by atoms with Gasteiger partial charge in [0, 0.05) is 111 Å². The van der Waals surface area contributed by atoms with Gasteiger partial charge in [0.1, 0.15) is 5.75 Å². The van der Waals surface area contributed by atoms with Gasteiger partial charge in [-0.1, -0.05) is 35.9 Å². The molecule has 27 nitrogen and oxygen atoms in total. The first kappa shape index (κ1) is 70.2. The van der Waals surface area contributed by atoms with Gasteiger partial charge in [-0.2, -0.15) is 40.3 Å². The number of anilines is 13. The van der Waals surface area contributed by atoms with Crippen molar-refractivity contribution in [1.29, 1.82) is 0 Å². The number of hydrogen-bond donors (Lipinski definition) is 12. The van der Waals surface area contributed by atoms with Crippen LogP contribution in [0.2, 0.25) is 5.02 Å². The summed E-state index contributed by atoms with van der Waals surface area (Å²) in [4.78, 5) is 45.6. The third kappa shape index (κ3) is 16.8. The summed E-state index contributed by atoms with van der Waals surface area (Å²) in [5.41, 5.74) is 15.5. The van der Waals surface area contributed by atoms with E-state index in [4.69, 9.17) is 26.3 Å². The van der Waals surface area contributed by atoms with Crippen LogP contribution in [0.5, 0.6) is 5.75 Å². The predicted molar refractivity (Wildman–Crippen MR) is 450 cm³/mol. The van der Waals surface area contributed by atoms with Crippen LogP contribution >= 0.6 is 56.9 Å². The molecule has 32 heteroatoms. The minimum Gasteiger partial charge on any atom is -0.496 e. The van der Waals surface area contributed by atoms with Crippen molar-refractivity contribution in [3.8, 4) is 5.75 Å². The first-order valence-electron chi connectivity index (χ1n) is 34.7. The van der Waals surface area contributed by atoms with Crippen LogP contribution in [0.4, 0.5) is 75.5 Å². The summed E-state index contributed by atoms with van der Waals surface area (Å²) >= 11 is 12.4. The molecule has 0 aliphatic rings. The van der Waals surface area contributed by atoms with E-state index in [1.165, 1.54) is 0 Å². The Labute approximate surface area is 652 Å². The van der Waals surface area contributed by atoms with Crippen molar-refractivity contribution in [2.45, 2.75) is 19.5 Å². The lowest BCUT2D eigenvalue weighted by Gasteiger charge is -2.12. The number of benzene rings is 6. The monoisotopic (exact) mass is 1550 g/mol.